The summed E-state index contributed by atoms with van der Waals surface area (Å²) in [5.41, 5.74) is 1.72. The predicted molar refractivity (Wildman–Crippen MR) is 70.6 cm³/mol. The lowest BCUT2D eigenvalue weighted by Gasteiger charge is -2.18. The second kappa shape index (κ2) is 4.23. The largest absolute Gasteiger partial charge is 0.508 e. The molecule has 4 heteroatoms. The van der Waals surface area contributed by atoms with E-state index in [1.54, 1.807) is 12.1 Å². The second-order valence-corrected chi connectivity index (χ2v) is 5.23. The molecule has 1 aliphatic heterocycles. The van der Waals surface area contributed by atoms with Crippen molar-refractivity contribution >= 4 is 17.5 Å². The Hall–Kier alpha value is -2.10. The first-order valence-corrected chi connectivity index (χ1v) is 6.40. The number of carbonyl (C=O) groups is 2. The Morgan fingerprint density at radius 3 is 2.42 bits per heavy atom. The molecule has 1 aromatic carbocycles. The zero-order chi connectivity index (χ0) is 13.6. The average molecular weight is 257 g/mol. The van der Waals surface area contributed by atoms with Gasteiger partial charge in [0.15, 0.2) is 0 Å². The maximum Gasteiger partial charge on any atom is 0.238 e. The van der Waals surface area contributed by atoms with Crippen molar-refractivity contribution in [2.24, 2.45) is 11.8 Å². The van der Waals surface area contributed by atoms with E-state index in [-0.39, 0.29) is 29.4 Å². The van der Waals surface area contributed by atoms with Crippen LogP contribution in [0.2, 0.25) is 0 Å². The van der Waals surface area contributed by atoms with Gasteiger partial charge in [0.05, 0.1) is 17.5 Å². The molecule has 1 N–H and O–H groups in total. The molecule has 0 saturated carbocycles. The van der Waals surface area contributed by atoms with Crippen LogP contribution < -0.4 is 4.90 Å². The van der Waals surface area contributed by atoms with Crippen LogP contribution in [-0.4, -0.2) is 16.9 Å². The number of amides is 2. The van der Waals surface area contributed by atoms with E-state index in [4.69, 9.17) is 0 Å². The van der Waals surface area contributed by atoms with Crippen molar-refractivity contribution in [3.8, 4) is 5.75 Å². The van der Waals surface area contributed by atoms with Gasteiger partial charge in [0.2, 0.25) is 11.8 Å². The summed E-state index contributed by atoms with van der Waals surface area (Å²) in [4.78, 5) is 26.0. The van der Waals surface area contributed by atoms with Gasteiger partial charge in [-0.3, -0.25) is 14.5 Å². The van der Waals surface area contributed by atoms with Crippen molar-refractivity contribution in [1.82, 2.24) is 0 Å². The van der Waals surface area contributed by atoms with Gasteiger partial charge >= 0.3 is 0 Å². The Morgan fingerprint density at radius 2 is 1.74 bits per heavy atom. The minimum Gasteiger partial charge on any atom is -0.508 e. The lowest BCUT2D eigenvalue weighted by Crippen LogP contribution is -2.30. The summed E-state index contributed by atoms with van der Waals surface area (Å²) in [6, 6.07) is 6.17. The molecule has 0 bridgehead atoms. The van der Waals surface area contributed by atoms with Crippen molar-refractivity contribution in [2.45, 2.75) is 19.8 Å². The Kier molecular flexibility index (Phi) is 2.66. The summed E-state index contributed by atoms with van der Waals surface area (Å²) in [6.45, 7) is 2.00. The number of benzene rings is 1. The van der Waals surface area contributed by atoms with E-state index in [0.29, 0.717) is 18.5 Å². The Balaban J connectivity index is 1.95. The number of allylic oxidation sites excluding steroid dienone is 2. The predicted octanol–water partition coefficient (Wildman–Crippen LogP) is 2.24. The molecule has 1 aromatic rings. The van der Waals surface area contributed by atoms with Crippen molar-refractivity contribution in [1.29, 1.82) is 0 Å². The van der Waals surface area contributed by atoms with Crippen LogP contribution in [0.3, 0.4) is 0 Å². The fourth-order valence-electron chi connectivity index (χ4n) is 2.89. The molecule has 3 rings (SSSR count). The van der Waals surface area contributed by atoms with Crippen molar-refractivity contribution < 1.29 is 14.7 Å². The van der Waals surface area contributed by atoms with E-state index < -0.39 is 0 Å². The third-order valence-corrected chi connectivity index (χ3v) is 3.93. The van der Waals surface area contributed by atoms with Gasteiger partial charge in [0.25, 0.3) is 0 Å². The molecular formula is C15H15NO3. The van der Waals surface area contributed by atoms with E-state index in [1.807, 2.05) is 13.0 Å². The van der Waals surface area contributed by atoms with E-state index in [2.05, 4.69) is 0 Å². The Labute approximate surface area is 111 Å². The number of fused-ring (bicyclic) bond motifs is 1. The Bertz CT molecular complexity index is 574. The van der Waals surface area contributed by atoms with Crippen LogP contribution >= 0.6 is 0 Å². The highest BCUT2D eigenvalue weighted by molar-refractivity contribution is 6.22. The smallest absolute Gasteiger partial charge is 0.238 e. The minimum atomic E-state index is -0.218. The first-order chi connectivity index (χ1) is 9.08. The van der Waals surface area contributed by atoms with Gasteiger partial charge in [-0.15, -0.1) is 0 Å². The van der Waals surface area contributed by atoms with Crippen LogP contribution in [0, 0.1) is 11.8 Å². The molecule has 1 heterocycles. The van der Waals surface area contributed by atoms with Crippen LogP contribution in [0.1, 0.15) is 19.8 Å². The second-order valence-electron chi connectivity index (χ2n) is 5.23. The molecule has 1 saturated heterocycles. The number of phenolic OH excluding ortho intramolecular Hbond substituents is 1. The van der Waals surface area contributed by atoms with Crippen molar-refractivity contribution in [3.05, 3.63) is 35.9 Å². The number of rotatable bonds is 1. The number of aromatic hydroxyl groups is 1. The van der Waals surface area contributed by atoms with Gasteiger partial charge in [-0.25, -0.2) is 0 Å². The first-order valence-electron chi connectivity index (χ1n) is 6.40. The molecule has 1 fully saturated rings. The summed E-state index contributed by atoms with van der Waals surface area (Å²) < 4.78 is 0. The fraction of sp³-hybridized carbons (Fsp3) is 0.333. The number of anilines is 1. The Morgan fingerprint density at radius 1 is 1.11 bits per heavy atom. The molecular weight excluding hydrogens is 242 g/mol. The van der Waals surface area contributed by atoms with Gasteiger partial charge in [0.1, 0.15) is 5.75 Å². The van der Waals surface area contributed by atoms with Crippen LogP contribution in [-0.2, 0) is 9.59 Å². The molecule has 1 aliphatic carbocycles. The highest BCUT2D eigenvalue weighted by Crippen LogP contribution is 2.39. The van der Waals surface area contributed by atoms with Crippen molar-refractivity contribution in [3.63, 3.8) is 0 Å². The lowest BCUT2D eigenvalue weighted by atomic mass is 9.82. The summed E-state index contributed by atoms with van der Waals surface area (Å²) in [7, 11) is 0. The minimum absolute atomic E-state index is 0.117. The van der Waals surface area contributed by atoms with Crippen LogP contribution in [0.5, 0.6) is 5.75 Å². The SMILES string of the molecule is CC1=CC[C@@H]2C(=O)N(c3ccc(O)cc3)C(=O)[C@@H]2C1. The van der Waals surface area contributed by atoms with E-state index >= 15 is 0 Å². The third kappa shape index (κ3) is 1.84. The topological polar surface area (TPSA) is 57.6 Å². The zero-order valence-electron chi connectivity index (χ0n) is 10.7. The van der Waals surface area contributed by atoms with Gasteiger partial charge in [-0.05, 0) is 44.0 Å². The molecule has 98 valence electrons. The quantitative estimate of drug-likeness (QED) is 0.620. The molecule has 4 nitrogen and oxygen atoms in total. The van der Waals surface area contributed by atoms with Gasteiger partial charge in [0, 0.05) is 0 Å². The van der Waals surface area contributed by atoms with E-state index in [1.165, 1.54) is 22.6 Å². The maximum absolute atomic E-state index is 12.4. The number of hydrogen-bond donors (Lipinski definition) is 1. The molecule has 0 spiro atoms. The average Bonchev–Trinajstić information content (AvgIpc) is 2.63. The number of phenols is 1. The summed E-state index contributed by atoms with van der Waals surface area (Å²) in [6.07, 6.45) is 3.37. The normalized spacial score (nSPS) is 26.4. The molecule has 2 aliphatic rings. The number of hydrogen-bond acceptors (Lipinski definition) is 3. The highest BCUT2D eigenvalue weighted by atomic mass is 16.3. The molecule has 2 amide bonds. The molecule has 0 radical (unpaired) electrons. The standard InChI is InChI=1S/C15H15NO3/c1-9-2-7-12-13(8-9)15(19)16(14(12)18)10-3-5-11(17)6-4-10/h2-6,12-13,17H,7-8H2,1H3/t12-,13+/m0/s1. The third-order valence-electron chi connectivity index (χ3n) is 3.93. The summed E-state index contributed by atoms with van der Waals surface area (Å²) in [5, 5.41) is 9.28. The molecule has 2 atom stereocenters. The molecule has 0 unspecified atom stereocenters. The van der Waals surface area contributed by atoms with Gasteiger partial charge in [-0.1, -0.05) is 11.6 Å². The molecule has 19 heavy (non-hydrogen) atoms. The fourth-order valence-corrected chi connectivity index (χ4v) is 2.89. The van der Waals surface area contributed by atoms with E-state index in [9.17, 15) is 14.7 Å². The zero-order valence-corrected chi connectivity index (χ0v) is 10.7. The van der Waals surface area contributed by atoms with Crippen LogP contribution in [0.15, 0.2) is 35.9 Å². The summed E-state index contributed by atoms with van der Waals surface area (Å²) in [5.74, 6) is -0.549. The summed E-state index contributed by atoms with van der Waals surface area (Å²) >= 11 is 0. The van der Waals surface area contributed by atoms with Crippen molar-refractivity contribution in [2.75, 3.05) is 4.90 Å². The van der Waals surface area contributed by atoms with Crippen LogP contribution in [0.4, 0.5) is 5.69 Å². The lowest BCUT2D eigenvalue weighted by molar-refractivity contribution is -0.122. The van der Waals surface area contributed by atoms with Gasteiger partial charge in [-0.2, -0.15) is 0 Å². The molecule has 0 aromatic heterocycles. The maximum atomic E-state index is 12.4. The van der Waals surface area contributed by atoms with E-state index in [0.717, 1.165) is 0 Å². The number of nitrogens with zero attached hydrogens (tertiary/aromatic N) is 1. The first kappa shape index (κ1) is 12.0. The number of carbonyl (C=O) groups excluding carboxylic acids is 2. The number of imide groups is 1. The monoisotopic (exact) mass is 257 g/mol. The highest BCUT2D eigenvalue weighted by Gasteiger charge is 2.48. The van der Waals surface area contributed by atoms with Gasteiger partial charge < -0.3 is 5.11 Å². The van der Waals surface area contributed by atoms with Crippen LogP contribution in [0.25, 0.3) is 0 Å².